The molecule has 0 saturated carbocycles. The van der Waals surface area contributed by atoms with Crippen molar-refractivity contribution in [3.8, 4) is 5.75 Å². The lowest BCUT2D eigenvalue weighted by atomic mass is 10.2. The van der Waals surface area contributed by atoms with Crippen molar-refractivity contribution in [2.45, 2.75) is 10.8 Å². The van der Waals surface area contributed by atoms with Crippen molar-refractivity contribution in [1.82, 2.24) is 5.43 Å². The summed E-state index contributed by atoms with van der Waals surface area (Å²) >= 11 is 1.09. The molecule has 0 saturated heterocycles. The minimum atomic E-state index is -3.68. The summed E-state index contributed by atoms with van der Waals surface area (Å²) in [6.07, 6.45) is 1.18. The number of para-hydroxylation sites is 1. The summed E-state index contributed by atoms with van der Waals surface area (Å²) in [7, 11) is -3.68. The van der Waals surface area contributed by atoms with E-state index >= 15 is 0 Å². The number of ether oxygens (including phenoxy) is 1. The van der Waals surface area contributed by atoms with Gasteiger partial charge in [-0.25, -0.2) is 13.8 Å². The molecule has 1 heterocycles. The Labute approximate surface area is 175 Å². The average Bonchev–Trinajstić information content (AvgIpc) is 3.25. The zero-order valence-corrected chi connectivity index (χ0v) is 16.8. The van der Waals surface area contributed by atoms with Gasteiger partial charge >= 0.3 is 6.61 Å². The molecule has 0 aliphatic heterocycles. The van der Waals surface area contributed by atoms with Gasteiger partial charge < -0.3 is 4.74 Å². The monoisotopic (exact) mass is 451 g/mol. The summed E-state index contributed by atoms with van der Waals surface area (Å²) in [6, 6.07) is 14.8. The largest absolute Gasteiger partial charge is 0.434 e. The van der Waals surface area contributed by atoms with Crippen molar-refractivity contribution >= 4 is 39.2 Å². The zero-order chi connectivity index (χ0) is 21.6. The highest BCUT2D eigenvalue weighted by atomic mass is 32.2. The Kier molecular flexibility index (Phi) is 6.75. The van der Waals surface area contributed by atoms with Crippen LogP contribution in [0.3, 0.4) is 0 Å². The van der Waals surface area contributed by atoms with Gasteiger partial charge in [0.05, 0.1) is 6.21 Å². The van der Waals surface area contributed by atoms with Crippen LogP contribution < -0.4 is 14.9 Å². The van der Waals surface area contributed by atoms with Gasteiger partial charge in [-0.2, -0.15) is 13.9 Å². The Hall–Kier alpha value is -3.31. The first-order valence-corrected chi connectivity index (χ1v) is 10.7. The molecule has 1 amide bonds. The van der Waals surface area contributed by atoms with E-state index in [0.717, 1.165) is 11.3 Å². The van der Waals surface area contributed by atoms with Gasteiger partial charge in [-0.1, -0.05) is 18.2 Å². The Balaban J connectivity index is 1.62. The SMILES string of the molecule is O=C(N/N=C\c1ccccc1OC(F)F)c1ccc(NS(=O)(=O)c2cccs2)cc1. The standard InChI is InChI=1S/C19H15F2N3O4S2/c20-19(21)28-16-5-2-1-4-14(16)12-22-23-18(25)13-7-9-15(10-8-13)24-30(26,27)17-6-3-11-29-17/h1-12,19,24H,(H,23,25)/b22-12-. The number of carbonyl (C=O) groups is 1. The molecule has 156 valence electrons. The lowest BCUT2D eigenvalue weighted by Crippen LogP contribution is -2.18. The van der Waals surface area contributed by atoms with Gasteiger partial charge in [0.2, 0.25) is 0 Å². The van der Waals surface area contributed by atoms with Crippen LogP contribution in [0.4, 0.5) is 14.5 Å². The van der Waals surface area contributed by atoms with Crippen LogP contribution in [-0.2, 0) is 10.0 Å². The molecule has 3 aromatic rings. The normalized spacial score (nSPS) is 11.6. The van der Waals surface area contributed by atoms with Gasteiger partial charge in [-0.3, -0.25) is 9.52 Å². The smallest absolute Gasteiger partial charge is 0.387 e. The molecule has 0 spiro atoms. The summed E-state index contributed by atoms with van der Waals surface area (Å²) in [5, 5.41) is 5.40. The summed E-state index contributed by atoms with van der Waals surface area (Å²) in [4.78, 5) is 12.2. The van der Waals surface area contributed by atoms with E-state index in [9.17, 15) is 22.0 Å². The number of nitrogens with one attached hydrogen (secondary N) is 2. The number of halogens is 2. The maximum Gasteiger partial charge on any atom is 0.387 e. The summed E-state index contributed by atoms with van der Waals surface area (Å²) in [6.45, 7) is -2.98. The predicted octanol–water partition coefficient (Wildman–Crippen LogP) is 3.91. The molecule has 0 unspecified atom stereocenters. The molecule has 0 bridgehead atoms. The number of alkyl halides is 2. The Morgan fingerprint density at radius 1 is 1.07 bits per heavy atom. The number of anilines is 1. The van der Waals surface area contributed by atoms with Gasteiger partial charge in [0.15, 0.2) is 0 Å². The van der Waals surface area contributed by atoms with E-state index < -0.39 is 22.5 Å². The highest BCUT2D eigenvalue weighted by Crippen LogP contribution is 2.21. The van der Waals surface area contributed by atoms with Crippen LogP contribution in [0.2, 0.25) is 0 Å². The average molecular weight is 451 g/mol. The molecule has 0 radical (unpaired) electrons. The third-order valence-corrected chi connectivity index (χ3v) is 6.44. The molecule has 30 heavy (non-hydrogen) atoms. The van der Waals surface area contributed by atoms with Crippen molar-refractivity contribution in [1.29, 1.82) is 0 Å². The third kappa shape index (κ3) is 5.61. The van der Waals surface area contributed by atoms with Gasteiger partial charge in [-0.05, 0) is 47.8 Å². The molecule has 0 atom stereocenters. The van der Waals surface area contributed by atoms with Gasteiger partial charge in [-0.15, -0.1) is 11.3 Å². The molecule has 2 aromatic carbocycles. The Morgan fingerprint density at radius 2 is 1.80 bits per heavy atom. The third-order valence-electron chi connectivity index (χ3n) is 3.66. The van der Waals surface area contributed by atoms with Crippen LogP contribution in [0.5, 0.6) is 5.75 Å². The van der Waals surface area contributed by atoms with E-state index in [0.29, 0.717) is 5.69 Å². The Bertz CT molecular complexity index is 1130. The van der Waals surface area contributed by atoms with Gasteiger partial charge in [0.1, 0.15) is 9.96 Å². The van der Waals surface area contributed by atoms with Crippen LogP contribution in [0, 0.1) is 0 Å². The molecule has 0 aliphatic carbocycles. The number of thiophene rings is 1. The number of hydrogen-bond acceptors (Lipinski definition) is 6. The summed E-state index contributed by atoms with van der Waals surface area (Å²) < 4.78 is 56.2. The highest BCUT2D eigenvalue weighted by molar-refractivity contribution is 7.94. The molecule has 2 N–H and O–H groups in total. The van der Waals surface area contributed by atoms with Crippen molar-refractivity contribution in [3.05, 3.63) is 77.2 Å². The minimum Gasteiger partial charge on any atom is -0.434 e. The molecule has 0 aliphatic rings. The van der Waals surface area contributed by atoms with E-state index in [2.05, 4.69) is 20.0 Å². The fraction of sp³-hybridized carbons (Fsp3) is 0.0526. The van der Waals surface area contributed by atoms with Crippen LogP contribution in [-0.4, -0.2) is 27.2 Å². The zero-order valence-electron chi connectivity index (χ0n) is 15.2. The van der Waals surface area contributed by atoms with E-state index in [1.807, 2.05) is 0 Å². The topological polar surface area (TPSA) is 96.9 Å². The van der Waals surface area contributed by atoms with Crippen molar-refractivity contribution in [2.75, 3.05) is 4.72 Å². The number of amides is 1. The number of hydrazone groups is 1. The van der Waals surface area contributed by atoms with E-state index in [1.54, 1.807) is 17.5 Å². The number of nitrogens with zero attached hydrogens (tertiary/aromatic N) is 1. The number of rotatable bonds is 8. The lowest BCUT2D eigenvalue weighted by molar-refractivity contribution is -0.0499. The van der Waals surface area contributed by atoms with Gasteiger partial charge in [0.25, 0.3) is 15.9 Å². The predicted molar refractivity (Wildman–Crippen MR) is 110 cm³/mol. The molecule has 3 rings (SSSR count). The number of sulfonamides is 1. The van der Waals surface area contributed by atoms with Crippen LogP contribution in [0.1, 0.15) is 15.9 Å². The summed E-state index contributed by atoms with van der Waals surface area (Å²) in [5.74, 6) is -0.640. The number of hydrogen-bond donors (Lipinski definition) is 2. The molecule has 1 aromatic heterocycles. The molecular weight excluding hydrogens is 436 g/mol. The van der Waals surface area contributed by atoms with Crippen LogP contribution in [0.25, 0.3) is 0 Å². The molecule has 11 heteroatoms. The Morgan fingerprint density at radius 3 is 2.47 bits per heavy atom. The first-order valence-electron chi connectivity index (χ1n) is 8.39. The molecule has 0 fully saturated rings. The van der Waals surface area contributed by atoms with E-state index in [4.69, 9.17) is 0 Å². The van der Waals surface area contributed by atoms with Crippen molar-refractivity contribution in [2.24, 2.45) is 5.10 Å². The number of benzene rings is 2. The second kappa shape index (κ2) is 9.46. The number of carbonyl (C=O) groups excluding carboxylic acids is 1. The molecular formula is C19H15F2N3O4S2. The maximum atomic E-state index is 12.4. The van der Waals surface area contributed by atoms with E-state index in [1.165, 1.54) is 54.7 Å². The van der Waals surface area contributed by atoms with Crippen LogP contribution >= 0.6 is 11.3 Å². The highest BCUT2D eigenvalue weighted by Gasteiger charge is 2.15. The first kappa shape index (κ1) is 21.4. The van der Waals surface area contributed by atoms with Gasteiger partial charge in [0, 0.05) is 16.8 Å². The quantitative estimate of drug-likeness (QED) is 0.401. The maximum absolute atomic E-state index is 12.4. The van der Waals surface area contributed by atoms with Crippen molar-refractivity contribution < 1.29 is 26.7 Å². The van der Waals surface area contributed by atoms with E-state index in [-0.39, 0.29) is 21.1 Å². The fourth-order valence-electron chi connectivity index (χ4n) is 2.33. The molecule has 7 nitrogen and oxygen atoms in total. The van der Waals surface area contributed by atoms with Crippen LogP contribution in [0.15, 0.2) is 75.4 Å². The lowest BCUT2D eigenvalue weighted by Gasteiger charge is -2.07. The van der Waals surface area contributed by atoms with Crippen molar-refractivity contribution in [3.63, 3.8) is 0 Å². The fourth-order valence-corrected chi connectivity index (χ4v) is 4.38. The second-order valence-corrected chi connectivity index (χ2v) is 8.59. The summed E-state index contributed by atoms with van der Waals surface area (Å²) in [5.41, 5.74) is 3.05. The second-order valence-electron chi connectivity index (χ2n) is 5.73. The first-order chi connectivity index (χ1) is 14.3. The minimum absolute atomic E-state index is 0.0760.